The Morgan fingerprint density at radius 2 is 2.33 bits per heavy atom. The highest BCUT2D eigenvalue weighted by Crippen LogP contribution is 2.11. The highest BCUT2D eigenvalue weighted by atomic mass is 15.2. The molecule has 4 heteroatoms. The summed E-state index contributed by atoms with van der Waals surface area (Å²) in [6, 6.07) is 0.677. The molecule has 1 aliphatic rings. The Morgan fingerprint density at radius 1 is 1.50 bits per heavy atom. The third-order valence-corrected chi connectivity index (χ3v) is 3.90. The fourth-order valence-electron chi connectivity index (χ4n) is 2.65. The van der Waals surface area contributed by atoms with Gasteiger partial charge in [-0.2, -0.15) is 0 Å². The molecule has 4 nitrogen and oxygen atoms in total. The van der Waals surface area contributed by atoms with Crippen LogP contribution >= 0.6 is 0 Å². The first-order valence-electron chi connectivity index (χ1n) is 7.11. The molecule has 0 spiro atoms. The van der Waals surface area contributed by atoms with Crippen LogP contribution in [-0.2, 0) is 13.6 Å². The standard InChI is InChI=1S/C14H26N4/c1-4-13-5-7-18(10-12(2)9-16-13)11-14-15-6-8-17(14)3/h6,8,12-13,16H,4-5,7,9-11H2,1-3H3. The van der Waals surface area contributed by atoms with E-state index in [1.54, 1.807) is 0 Å². The summed E-state index contributed by atoms with van der Waals surface area (Å²) >= 11 is 0. The van der Waals surface area contributed by atoms with Crippen molar-refractivity contribution >= 4 is 0 Å². The average molecular weight is 250 g/mol. The molecule has 1 aliphatic heterocycles. The van der Waals surface area contributed by atoms with Crippen LogP contribution in [0.3, 0.4) is 0 Å². The molecule has 1 N–H and O–H groups in total. The monoisotopic (exact) mass is 250 g/mol. The Morgan fingerprint density at radius 3 is 3.00 bits per heavy atom. The second kappa shape index (κ2) is 6.34. The largest absolute Gasteiger partial charge is 0.337 e. The number of rotatable bonds is 3. The van der Waals surface area contributed by atoms with Crippen molar-refractivity contribution in [1.82, 2.24) is 19.8 Å². The Balaban J connectivity index is 1.95. The van der Waals surface area contributed by atoms with Crippen molar-refractivity contribution in [3.63, 3.8) is 0 Å². The van der Waals surface area contributed by atoms with Gasteiger partial charge >= 0.3 is 0 Å². The summed E-state index contributed by atoms with van der Waals surface area (Å²) in [7, 11) is 2.08. The van der Waals surface area contributed by atoms with Gasteiger partial charge in [-0.1, -0.05) is 13.8 Å². The third-order valence-electron chi connectivity index (χ3n) is 3.90. The van der Waals surface area contributed by atoms with E-state index >= 15 is 0 Å². The van der Waals surface area contributed by atoms with Crippen molar-refractivity contribution in [2.45, 2.75) is 39.3 Å². The van der Waals surface area contributed by atoms with Gasteiger partial charge in [-0.3, -0.25) is 4.90 Å². The molecule has 102 valence electrons. The molecule has 2 heterocycles. The normalized spacial score (nSPS) is 26.8. The van der Waals surface area contributed by atoms with E-state index in [1.807, 2.05) is 12.4 Å². The van der Waals surface area contributed by atoms with Gasteiger partial charge in [0.05, 0.1) is 6.54 Å². The SMILES string of the molecule is CCC1CCN(Cc2nccn2C)CC(C)CN1. The van der Waals surface area contributed by atoms with Crippen LogP contribution in [-0.4, -0.2) is 40.1 Å². The minimum atomic E-state index is 0.677. The van der Waals surface area contributed by atoms with E-state index in [1.165, 1.54) is 25.2 Å². The van der Waals surface area contributed by atoms with Crippen LogP contribution < -0.4 is 5.32 Å². The van der Waals surface area contributed by atoms with Crippen molar-refractivity contribution in [1.29, 1.82) is 0 Å². The van der Waals surface area contributed by atoms with Crippen LogP contribution in [0.25, 0.3) is 0 Å². The van der Waals surface area contributed by atoms with Crippen LogP contribution in [0.15, 0.2) is 12.4 Å². The minimum absolute atomic E-state index is 0.677. The van der Waals surface area contributed by atoms with E-state index in [0.29, 0.717) is 12.0 Å². The van der Waals surface area contributed by atoms with Gasteiger partial charge < -0.3 is 9.88 Å². The fraction of sp³-hybridized carbons (Fsp3) is 0.786. The van der Waals surface area contributed by atoms with E-state index < -0.39 is 0 Å². The van der Waals surface area contributed by atoms with Gasteiger partial charge in [0, 0.05) is 38.6 Å². The number of hydrogen-bond donors (Lipinski definition) is 1. The average Bonchev–Trinajstić information content (AvgIpc) is 2.72. The first kappa shape index (κ1) is 13.6. The highest BCUT2D eigenvalue weighted by Gasteiger charge is 2.18. The zero-order valence-corrected chi connectivity index (χ0v) is 11.9. The molecule has 1 aromatic heterocycles. The summed E-state index contributed by atoms with van der Waals surface area (Å²) in [5, 5.41) is 3.66. The molecule has 2 atom stereocenters. The van der Waals surface area contributed by atoms with E-state index in [4.69, 9.17) is 0 Å². The Hall–Kier alpha value is -0.870. The molecule has 0 bridgehead atoms. The summed E-state index contributed by atoms with van der Waals surface area (Å²) in [6.45, 7) is 9.04. The van der Waals surface area contributed by atoms with Gasteiger partial charge in [-0.05, 0) is 25.3 Å². The van der Waals surface area contributed by atoms with E-state index in [2.05, 4.69) is 40.7 Å². The van der Waals surface area contributed by atoms with Gasteiger partial charge in [0.1, 0.15) is 5.82 Å². The van der Waals surface area contributed by atoms with Gasteiger partial charge in [0.2, 0.25) is 0 Å². The number of imidazole rings is 1. The van der Waals surface area contributed by atoms with E-state index in [-0.39, 0.29) is 0 Å². The van der Waals surface area contributed by atoms with Crippen LogP contribution in [0.5, 0.6) is 0 Å². The van der Waals surface area contributed by atoms with Crippen molar-refractivity contribution in [2.24, 2.45) is 13.0 Å². The zero-order valence-electron chi connectivity index (χ0n) is 11.9. The van der Waals surface area contributed by atoms with Crippen molar-refractivity contribution in [2.75, 3.05) is 19.6 Å². The van der Waals surface area contributed by atoms with Crippen LogP contribution in [0.4, 0.5) is 0 Å². The van der Waals surface area contributed by atoms with Gasteiger partial charge in [-0.15, -0.1) is 0 Å². The number of aryl methyl sites for hydroxylation is 1. The summed E-state index contributed by atoms with van der Waals surface area (Å²) < 4.78 is 2.12. The molecule has 18 heavy (non-hydrogen) atoms. The van der Waals surface area contributed by atoms with E-state index in [9.17, 15) is 0 Å². The Kier molecular flexibility index (Phi) is 4.78. The number of nitrogens with zero attached hydrogens (tertiary/aromatic N) is 3. The van der Waals surface area contributed by atoms with Crippen LogP contribution in [0, 0.1) is 5.92 Å². The van der Waals surface area contributed by atoms with Crippen molar-refractivity contribution in [3.8, 4) is 0 Å². The molecule has 0 aliphatic carbocycles. The molecule has 0 radical (unpaired) electrons. The predicted octanol–water partition coefficient (Wildman–Crippen LogP) is 1.63. The Bertz CT molecular complexity index is 360. The molecule has 2 unspecified atom stereocenters. The number of hydrogen-bond acceptors (Lipinski definition) is 3. The molecule has 2 rings (SSSR count). The predicted molar refractivity (Wildman–Crippen MR) is 74.3 cm³/mol. The van der Waals surface area contributed by atoms with Crippen LogP contribution in [0.1, 0.15) is 32.5 Å². The topological polar surface area (TPSA) is 33.1 Å². The molecule has 1 saturated heterocycles. The van der Waals surface area contributed by atoms with E-state index in [0.717, 1.165) is 19.6 Å². The molecule has 0 aromatic carbocycles. The highest BCUT2D eigenvalue weighted by molar-refractivity contribution is 4.91. The molecular formula is C14H26N4. The maximum atomic E-state index is 4.43. The lowest BCUT2D eigenvalue weighted by Crippen LogP contribution is -2.43. The molecular weight excluding hydrogens is 224 g/mol. The minimum Gasteiger partial charge on any atom is -0.337 e. The fourth-order valence-corrected chi connectivity index (χ4v) is 2.65. The number of nitrogens with one attached hydrogen (secondary N) is 1. The maximum Gasteiger partial charge on any atom is 0.122 e. The van der Waals surface area contributed by atoms with Crippen molar-refractivity contribution in [3.05, 3.63) is 18.2 Å². The maximum absolute atomic E-state index is 4.43. The quantitative estimate of drug-likeness (QED) is 0.885. The second-order valence-corrected chi connectivity index (χ2v) is 5.60. The Labute approximate surface area is 110 Å². The number of aromatic nitrogens is 2. The first-order chi connectivity index (χ1) is 8.69. The lowest BCUT2D eigenvalue weighted by atomic mass is 10.0. The van der Waals surface area contributed by atoms with Gasteiger partial charge in [0.25, 0.3) is 0 Å². The molecule has 0 amide bonds. The second-order valence-electron chi connectivity index (χ2n) is 5.60. The first-order valence-corrected chi connectivity index (χ1v) is 7.11. The lowest BCUT2D eigenvalue weighted by Gasteiger charge is -2.31. The third kappa shape index (κ3) is 3.56. The summed E-state index contributed by atoms with van der Waals surface area (Å²) in [5.74, 6) is 1.88. The van der Waals surface area contributed by atoms with Crippen LogP contribution in [0.2, 0.25) is 0 Å². The summed E-state index contributed by atoms with van der Waals surface area (Å²) in [4.78, 5) is 6.99. The summed E-state index contributed by atoms with van der Waals surface area (Å²) in [5.41, 5.74) is 0. The summed E-state index contributed by atoms with van der Waals surface area (Å²) in [6.07, 6.45) is 6.38. The molecule has 1 aromatic rings. The lowest BCUT2D eigenvalue weighted by molar-refractivity contribution is 0.185. The van der Waals surface area contributed by atoms with Gasteiger partial charge in [0.15, 0.2) is 0 Å². The van der Waals surface area contributed by atoms with Crippen molar-refractivity contribution < 1.29 is 0 Å². The molecule has 0 saturated carbocycles. The zero-order chi connectivity index (χ0) is 13.0. The smallest absolute Gasteiger partial charge is 0.122 e. The molecule has 1 fully saturated rings. The van der Waals surface area contributed by atoms with Gasteiger partial charge in [-0.25, -0.2) is 4.98 Å².